The number of esters is 1. The van der Waals surface area contributed by atoms with E-state index in [9.17, 15) is 14.4 Å². The summed E-state index contributed by atoms with van der Waals surface area (Å²) >= 11 is 0. The summed E-state index contributed by atoms with van der Waals surface area (Å²) in [4.78, 5) is 36.4. The van der Waals surface area contributed by atoms with Gasteiger partial charge in [-0.25, -0.2) is 0 Å². The zero-order chi connectivity index (χ0) is 19.9. The van der Waals surface area contributed by atoms with Crippen LogP contribution in [-0.2, 0) is 24.5 Å². The third-order valence-corrected chi connectivity index (χ3v) is 4.67. The van der Waals surface area contributed by atoms with Gasteiger partial charge in [0.1, 0.15) is 6.04 Å². The lowest BCUT2D eigenvalue weighted by Crippen LogP contribution is -2.51. The Morgan fingerprint density at radius 2 is 1.48 bits per heavy atom. The third kappa shape index (κ3) is 4.73. The number of nitrogens with two attached hydrogens (primary N) is 1. The van der Waals surface area contributed by atoms with E-state index in [-0.39, 0.29) is 18.7 Å². The second-order valence-electron chi connectivity index (χ2n) is 6.40. The summed E-state index contributed by atoms with van der Waals surface area (Å²) < 4.78 is 4.59. The smallest absolute Gasteiger partial charge is 0.305 e. The van der Waals surface area contributed by atoms with Gasteiger partial charge in [0.25, 0.3) is 0 Å². The average molecular weight is 368 g/mol. The summed E-state index contributed by atoms with van der Waals surface area (Å²) in [5.74, 6) is -1.53. The molecule has 0 saturated heterocycles. The zero-order valence-electron chi connectivity index (χ0n) is 15.5. The van der Waals surface area contributed by atoms with E-state index in [0.717, 1.165) is 11.1 Å². The van der Waals surface area contributed by atoms with Gasteiger partial charge in [0.05, 0.1) is 12.5 Å². The number of primary amides is 1. The van der Waals surface area contributed by atoms with Crippen LogP contribution in [-0.4, -0.2) is 30.9 Å². The molecule has 6 heteroatoms. The van der Waals surface area contributed by atoms with Crippen LogP contribution in [0.15, 0.2) is 60.7 Å². The number of ether oxygens (including phenoxy) is 1. The molecule has 3 N–H and O–H groups in total. The average Bonchev–Trinajstić information content (AvgIpc) is 2.70. The van der Waals surface area contributed by atoms with E-state index in [4.69, 9.17) is 5.73 Å². The van der Waals surface area contributed by atoms with E-state index in [2.05, 4.69) is 10.1 Å². The molecule has 2 rings (SSSR count). The highest BCUT2D eigenvalue weighted by atomic mass is 16.5. The maximum atomic E-state index is 13.3. The Labute approximate surface area is 158 Å². The van der Waals surface area contributed by atoms with Crippen molar-refractivity contribution in [3.05, 3.63) is 71.8 Å². The molecular formula is C21H24N2O4. The van der Waals surface area contributed by atoms with Gasteiger partial charge in [0.15, 0.2) is 0 Å². The van der Waals surface area contributed by atoms with Gasteiger partial charge >= 0.3 is 5.97 Å². The Bertz CT molecular complexity index is 751. The molecular weight excluding hydrogens is 344 g/mol. The number of amides is 2. The first kappa shape index (κ1) is 20.2. The van der Waals surface area contributed by atoms with Crippen molar-refractivity contribution < 1.29 is 19.1 Å². The fourth-order valence-electron chi connectivity index (χ4n) is 2.92. The monoisotopic (exact) mass is 368 g/mol. The highest BCUT2D eigenvalue weighted by Gasteiger charge is 2.38. The molecule has 2 amide bonds. The Balaban J connectivity index is 2.34. The fraction of sp³-hybridized carbons (Fsp3) is 0.286. The molecule has 0 fully saturated rings. The number of carbonyl (C=O) groups is 3. The minimum Gasteiger partial charge on any atom is -0.469 e. The molecule has 6 nitrogen and oxygen atoms in total. The van der Waals surface area contributed by atoms with Crippen LogP contribution in [0.2, 0.25) is 0 Å². The first-order valence-corrected chi connectivity index (χ1v) is 8.67. The van der Waals surface area contributed by atoms with Crippen LogP contribution >= 0.6 is 0 Å². The van der Waals surface area contributed by atoms with Gasteiger partial charge < -0.3 is 15.8 Å². The van der Waals surface area contributed by atoms with E-state index in [1.165, 1.54) is 7.11 Å². The van der Waals surface area contributed by atoms with E-state index in [1.54, 1.807) is 6.92 Å². The van der Waals surface area contributed by atoms with Gasteiger partial charge in [-0.1, -0.05) is 60.7 Å². The van der Waals surface area contributed by atoms with E-state index >= 15 is 0 Å². The molecule has 0 aliphatic heterocycles. The highest BCUT2D eigenvalue weighted by molar-refractivity contribution is 5.95. The Morgan fingerprint density at radius 1 is 1.00 bits per heavy atom. The molecule has 27 heavy (non-hydrogen) atoms. The molecule has 2 aromatic rings. The highest BCUT2D eigenvalue weighted by Crippen LogP contribution is 2.32. The van der Waals surface area contributed by atoms with Crippen LogP contribution in [0.3, 0.4) is 0 Å². The van der Waals surface area contributed by atoms with Gasteiger partial charge in [-0.2, -0.15) is 0 Å². The van der Waals surface area contributed by atoms with Crippen molar-refractivity contribution in [1.82, 2.24) is 5.32 Å². The Hall–Kier alpha value is -3.15. The predicted molar refractivity (Wildman–Crippen MR) is 102 cm³/mol. The molecule has 1 atom stereocenters. The molecule has 2 aromatic carbocycles. The quantitative estimate of drug-likeness (QED) is 0.696. The number of hydrogen-bond donors (Lipinski definition) is 2. The molecule has 0 spiro atoms. The van der Waals surface area contributed by atoms with Crippen LogP contribution in [0.5, 0.6) is 0 Å². The minimum atomic E-state index is -1.03. The van der Waals surface area contributed by atoms with Gasteiger partial charge in [-0.05, 0) is 24.5 Å². The summed E-state index contributed by atoms with van der Waals surface area (Å²) in [5, 5.41) is 2.71. The maximum Gasteiger partial charge on any atom is 0.305 e. The predicted octanol–water partition coefficient (Wildman–Crippen LogP) is 1.92. The molecule has 0 bridgehead atoms. The van der Waals surface area contributed by atoms with Gasteiger partial charge in [0.2, 0.25) is 11.8 Å². The lowest BCUT2D eigenvalue weighted by molar-refractivity contribution is -0.141. The molecule has 0 aliphatic rings. The third-order valence-electron chi connectivity index (χ3n) is 4.67. The van der Waals surface area contributed by atoms with Crippen LogP contribution in [0.25, 0.3) is 0 Å². The summed E-state index contributed by atoms with van der Waals surface area (Å²) in [6.45, 7) is 1.80. The van der Waals surface area contributed by atoms with E-state index in [1.807, 2.05) is 60.7 Å². The lowest BCUT2D eigenvalue weighted by atomic mass is 9.75. The summed E-state index contributed by atoms with van der Waals surface area (Å²) in [7, 11) is 1.27. The number of nitrogens with one attached hydrogen (secondary N) is 1. The molecule has 0 aliphatic carbocycles. The Kier molecular flexibility index (Phi) is 6.71. The van der Waals surface area contributed by atoms with Gasteiger partial charge in [0, 0.05) is 6.42 Å². The maximum absolute atomic E-state index is 13.3. The van der Waals surface area contributed by atoms with Crippen LogP contribution < -0.4 is 11.1 Å². The van der Waals surface area contributed by atoms with E-state index in [0.29, 0.717) is 0 Å². The molecule has 0 heterocycles. The lowest BCUT2D eigenvalue weighted by Gasteiger charge is -2.31. The molecule has 0 unspecified atom stereocenters. The van der Waals surface area contributed by atoms with Crippen LogP contribution in [0.4, 0.5) is 0 Å². The number of methoxy groups -OCH3 is 1. The van der Waals surface area contributed by atoms with Crippen molar-refractivity contribution in [2.75, 3.05) is 7.11 Å². The minimum absolute atomic E-state index is 0.0161. The normalized spacial score (nSPS) is 12.1. The van der Waals surface area contributed by atoms with Crippen LogP contribution in [0.1, 0.15) is 30.9 Å². The Morgan fingerprint density at radius 3 is 1.89 bits per heavy atom. The summed E-state index contributed by atoms with van der Waals surface area (Å²) in [5.41, 5.74) is 5.97. The van der Waals surface area contributed by atoms with Crippen molar-refractivity contribution in [3.8, 4) is 0 Å². The van der Waals surface area contributed by atoms with Gasteiger partial charge in [-0.15, -0.1) is 0 Å². The SMILES string of the molecule is COC(=O)CC[C@@H](NC(=O)C(C)(c1ccccc1)c1ccccc1)C(N)=O. The van der Waals surface area contributed by atoms with Crippen molar-refractivity contribution in [2.24, 2.45) is 5.73 Å². The van der Waals surface area contributed by atoms with Gasteiger partial charge in [-0.3, -0.25) is 14.4 Å². The second-order valence-corrected chi connectivity index (χ2v) is 6.40. The second kappa shape index (κ2) is 8.98. The van der Waals surface area contributed by atoms with Crippen molar-refractivity contribution in [3.63, 3.8) is 0 Å². The van der Waals surface area contributed by atoms with Crippen LogP contribution in [0, 0.1) is 0 Å². The standard InChI is InChI=1S/C21H24N2O4/c1-21(15-9-5-3-6-10-15,16-11-7-4-8-12-16)20(26)23-17(19(22)25)13-14-18(24)27-2/h3-12,17H,13-14H2,1-2H3,(H2,22,25)(H,23,26)/t17-/m1/s1. The van der Waals surface area contributed by atoms with Crippen molar-refractivity contribution >= 4 is 17.8 Å². The molecule has 142 valence electrons. The number of carbonyl (C=O) groups excluding carboxylic acids is 3. The first-order valence-electron chi connectivity index (χ1n) is 8.67. The van der Waals surface area contributed by atoms with Crippen molar-refractivity contribution in [1.29, 1.82) is 0 Å². The number of rotatable bonds is 8. The summed E-state index contributed by atoms with van der Waals surface area (Å²) in [6.07, 6.45) is 0.0607. The molecule has 0 aromatic heterocycles. The summed E-state index contributed by atoms with van der Waals surface area (Å²) in [6, 6.07) is 17.6. The molecule has 0 radical (unpaired) electrons. The van der Waals surface area contributed by atoms with Crippen molar-refractivity contribution in [2.45, 2.75) is 31.2 Å². The molecule has 0 saturated carbocycles. The first-order chi connectivity index (χ1) is 12.9. The number of hydrogen-bond acceptors (Lipinski definition) is 4. The van der Waals surface area contributed by atoms with E-state index < -0.39 is 23.3 Å². The zero-order valence-corrected chi connectivity index (χ0v) is 15.5. The number of benzene rings is 2. The topological polar surface area (TPSA) is 98.5 Å². The largest absolute Gasteiger partial charge is 0.469 e. The fourth-order valence-corrected chi connectivity index (χ4v) is 2.92.